The normalized spacial score (nSPS) is 11.8. The summed E-state index contributed by atoms with van der Waals surface area (Å²) in [4.78, 5) is 1.05. The average molecular weight is 346 g/mol. The zero-order valence-electron chi connectivity index (χ0n) is 12.6. The fourth-order valence-electron chi connectivity index (χ4n) is 1.85. The standard InChI is InChI=1S/C16H14N2O3S2/c1-12-5-3-4-6-16(12)23(19,20)21-18-15(11-17)13-7-9-14(22-2)10-8-13/h3-10H,1-2H3. The molecule has 0 aromatic heterocycles. The van der Waals surface area contributed by atoms with Crippen molar-refractivity contribution in [3.8, 4) is 6.07 Å². The van der Waals surface area contributed by atoms with Crippen molar-refractivity contribution in [1.29, 1.82) is 5.26 Å². The van der Waals surface area contributed by atoms with Crippen molar-refractivity contribution in [1.82, 2.24) is 0 Å². The van der Waals surface area contributed by atoms with E-state index in [2.05, 4.69) is 5.16 Å². The van der Waals surface area contributed by atoms with Gasteiger partial charge in [-0.2, -0.15) is 13.7 Å². The van der Waals surface area contributed by atoms with Gasteiger partial charge in [-0.25, -0.2) is 0 Å². The lowest BCUT2D eigenvalue weighted by molar-refractivity contribution is 0.339. The summed E-state index contributed by atoms with van der Waals surface area (Å²) in [5.74, 6) is 0. The minimum Gasteiger partial charge on any atom is -0.263 e. The van der Waals surface area contributed by atoms with Crippen LogP contribution < -0.4 is 0 Å². The molecule has 118 valence electrons. The molecule has 0 spiro atoms. The average Bonchev–Trinajstić information content (AvgIpc) is 2.56. The molecular formula is C16H14N2O3S2. The molecule has 0 amide bonds. The second-order valence-corrected chi connectivity index (χ2v) is 6.95. The van der Waals surface area contributed by atoms with Crippen LogP contribution >= 0.6 is 11.8 Å². The zero-order chi connectivity index (χ0) is 16.9. The van der Waals surface area contributed by atoms with Gasteiger partial charge in [0.05, 0.1) is 0 Å². The summed E-state index contributed by atoms with van der Waals surface area (Å²) in [7, 11) is -4.06. The summed E-state index contributed by atoms with van der Waals surface area (Å²) in [6.45, 7) is 1.66. The van der Waals surface area contributed by atoms with Crippen LogP contribution in [0.25, 0.3) is 0 Å². The summed E-state index contributed by atoms with van der Waals surface area (Å²) in [6.07, 6.45) is 1.94. The Balaban J connectivity index is 2.29. The molecule has 0 saturated heterocycles. The van der Waals surface area contributed by atoms with E-state index < -0.39 is 10.1 Å². The van der Waals surface area contributed by atoms with E-state index in [-0.39, 0.29) is 10.6 Å². The second kappa shape index (κ2) is 7.31. The molecule has 0 aliphatic heterocycles. The molecule has 0 heterocycles. The third-order valence-electron chi connectivity index (χ3n) is 3.06. The van der Waals surface area contributed by atoms with Crippen LogP contribution in [-0.2, 0) is 14.4 Å². The maximum absolute atomic E-state index is 12.2. The fourth-order valence-corrected chi connectivity index (χ4v) is 3.22. The molecule has 0 radical (unpaired) electrons. The molecule has 0 aliphatic carbocycles. The predicted molar refractivity (Wildman–Crippen MR) is 89.8 cm³/mol. The van der Waals surface area contributed by atoms with Gasteiger partial charge in [0.15, 0.2) is 5.71 Å². The number of hydrogen-bond acceptors (Lipinski definition) is 6. The number of benzene rings is 2. The van der Waals surface area contributed by atoms with Crippen LogP contribution in [0.15, 0.2) is 63.5 Å². The van der Waals surface area contributed by atoms with Crippen molar-refractivity contribution in [2.24, 2.45) is 5.16 Å². The van der Waals surface area contributed by atoms with E-state index >= 15 is 0 Å². The first-order valence-electron chi connectivity index (χ1n) is 6.60. The largest absolute Gasteiger partial charge is 0.358 e. The van der Waals surface area contributed by atoms with Crippen molar-refractivity contribution >= 4 is 27.6 Å². The molecular weight excluding hydrogens is 332 g/mol. The number of hydrogen-bond donors (Lipinski definition) is 0. The smallest absolute Gasteiger partial charge is 0.263 e. The zero-order valence-corrected chi connectivity index (χ0v) is 14.2. The van der Waals surface area contributed by atoms with Gasteiger partial charge in [-0.05, 0) is 36.9 Å². The Kier molecular flexibility index (Phi) is 5.42. The molecule has 0 bridgehead atoms. The van der Waals surface area contributed by atoms with Crippen LogP contribution in [0.2, 0.25) is 0 Å². The Morgan fingerprint density at radius 3 is 2.39 bits per heavy atom. The lowest BCUT2D eigenvalue weighted by atomic mass is 10.1. The maximum atomic E-state index is 12.2. The quantitative estimate of drug-likeness (QED) is 0.471. The van der Waals surface area contributed by atoms with Gasteiger partial charge in [-0.1, -0.05) is 35.5 Å². The molecule has 0 atom stereocenters. The van der Waals surface area contributed by atoms with Crippen LogP contribution in [0.3, 0.4) is 0 Å². The Bertz CT molecular complexity index is 867. The summed E-state index contributed by atoms with van der Waals surface area (Å²) in [5.41, 5.74) is 0.936. The highest BCUT2D eigenvalue weighted by atomic mass is 32.2. The van der Waals surface area contributed by atoms with Crippen molar-refractivity contribution in [2.45, 2.75) is 16.7 Å². The van der Waals surface area contributed by atoms with Crippen LogP contribution in [-0.4, -0.2) is 20.4 Å². The maximum Gasteiger partial charge on any atom is 0.358 e. The van der Waals surface area contributed by atoms with E-state index in [1.54, 1.807) is 49.0 Å². The highest BCUT2D eigenvalue weighted by Gasteiger charge is 2.18. The summed E-state index contributed by atoms with van der Waals surface area (Å²) < 4.78 is 29.0. The molecule has 0 aliphatic rings. The molecule has 0 fully saturated rings. The van der Waals surface area contributed by atoms with Crippen LogP contribution in [0.5, 0.6) is 0 Å². The van der Waals surface area contributed by atoms with Crippen molar-refractivity contribution in [2.75, 3.05) is 6.26 Å². The van der Waals surface area contributed by atoms with Crippen molar-refractivity contribution in [3.63, 3.8) is 0 Å². The van der Waals surface area contributed by atoms with Gasteiger partial charge in [0, 0.05) is 10.5 Å². The van der Waals surface area contributed by atoms with E-state index in [9.17, 15) is 8.42 Å². The highest BCUT2D eigenvalue weighted by Crippen LogP contribution is 2.18. The van der Waals surface area contributed by atoms with Crippen LogP contribution in [0, 0.1) is 18.3 Å². The minimum atomic E-state index is -4.06. The summed E-state index contributed by atoms with van der Waals surface area (Å²) in [5, 5.41) is 12.7. The lowest BCUT2D eigenvalue weighted by Gasteiger charge is -2.05. The molecule has 7 heteroatoms. The molecule has 5 nitrogen and oxygen atoms in total. The second-order valence-electron chi connectivity index (χ2n) is 4.57. The van der Waals surface area contributed by atoms with Gasteiger partial charge in [-0.15, -0.1) is 11.8 Å². The van der Waals surface area contributed by atoms with E-state index in [4.69, 9.17) is 9.55 Å². The first kappa shape index (κ1) is 17.1. The molecule has 23 heavy (non-hydrogen) atoms. The first-order chi connectivity index (χ1) is 11.0. The monoisotopic (exact) mass is 346 g/mol. The van der Waals surface area contributed by atoms with Gasteiger partial charge in [0.2, 0.25) is 0 Å². The van der Waals surface area contributed by atoms with E-state index in [1.807, 2.05) is 24.5 Å². The molecule has 0 saturated carbocycles. The summed E-state index contributed by atoms with van der Waals surface area (Å²) >= 11 is 1.56. The number of nitriles is 1. The van der Waals surface area contributed by atoms with Gasteiger partial charge in [-0.3, -0.25) is 4.28 Å². The summed E-state index contributed by atoms with van der Waals surface area (Å²) in [6, 6.07) is 15.3. The SMILES string of the molecule is CSc1ccc(C(C#N)=NOS(=O)(=O)c2ccccc2C)cc1. The Morgan fingerprint density at radius 2 is 1.83 bits per heavy atom. The predicted octanol–water partition coefficient (Wildman–Crippen LogP) is 3.35. The topological polar surface area (TPSA) is 79.5 Å². The van der Waals surface area contributed by atoms with Gasteiger partial charge in [0.25, 0.3) is 0 Å². The Hall–Kier alpha value is -2.30. The molecule has 0 unspecified atom stereocenters. The molecule has 2 rings (SSSR count). The molecule has 2 aromatic rings. The van der Waals surface area contributed by atoms with Gasteiger partial charge < -0.3 is 0 Å². The number of rotatable bonds is 5. The molecule has 2 aromatic carbocycles. The van der Waals surface area contributed by atoms with Gasteiger partial charge in [0.1, 0.15) is 11.0 Å². The molecule has 0 N–H and O–H groups in total. The third kappa shape index (κ3) is 4.12. The van der Waals surface area contributed by atoms with Crippen LogP contribution in [0.1, 0.15) is 11.1 Å². The number of aryl methyl sites for hydroxylation is 1. The van der Waals surface area contributed by atoms with Gasteiger partial charge >= 0.3 is 10.1 Å². The number of oxime groups is 1. The van der Waals surface area contributed by atoms with E-state index in [0.29, 0.717) is 11.1 Å². The van der Waals surface area contributed by atoms with Crippen molar-refractivity contribution < 1.29 is 12.7 Å². The highest BCUT2D eigenvalue weighted by molar-refractivity contribution is 7.98. The van der Waals surface area contributed by atoms with E-state index in [0.717, 1.165) is 4.90 Å². The number of nitrogens with zero attached hydrogens (tertiary/aromatic N) is 2. The Morgan fingerprint density at radius 1 is 1.17 bits per heavy atom. The van der Waals surface area contributed by atoms with Crippen molar-refractivity contribution in [3.05, 3.63) is 59.7 Å². The van der Waals surface area contributed by atoms with Crippen LogP contribution in [0.4, 0.5) is 0 Å². The lowest BCUT2D eigenvalue weighted by Crippen LogP contribution is -2.07. The first-order valence-corrected chi connectivity index (χ1v) is 9.23. The fraction of sp³-hybridized carbons (Fsp3) is 0.125. The third-order valence-corrected chi connectivity index (χ3v) is 5.07. The number of thioether (sulfide) groups is 1. The Labute approximate surface area is 139 Å². The van der Waals surface area contributed by atoms with E-state index in [1.165, 1.54) is 6.07 Å². The minimum absolute atomic E-state index is 0.0266.